The first-order chi connectivity index (χ1) is 33.0. The maximum atomic E-state index is 12.8. The van der Waals surface area contributed by atoms with Crippen LogP contribution in [0.2, 0.25) is 0 Å². The summed E-state index contributed by atoms with van der Waals surface area (Å²) in [7, 11) is 0. The predicted molar refractivity (Wildman–Crippen MR) is 288 cm³/mol. The lowest BCUT2D eigenvalue weighted by atomic mass is 10.1. The van der Waals surface area contributed by atoms with Gasteiger partial charge in [-0.15, -0.1) is 0 Å². The second-order valence-corrected chi connectivity index (χ2v) is 17.4. The first kappa shape index (κ1) is 62.8. The molecular formula is C61H98O6. The van der Waals surface area contributed by atoms with Gasteiger partial charge in [0.25, 0.3) is 0 Å². The van der Waals surface area contributed by atoms with Crippen molar-refractivity contribution in [2.24, 2.45) is 0 Å². The quantitative estimate of drug-likeness (QED) is 0.0262. The highest BCUT2D eigenvalue weighted by atomic mass is 16.6. The minimum absolute atomic E-state index is 0.118. The Balaban J connectivity index is 4.57. The second-order valence-electron chi connectivity index (χ2n) is 17.4. The molecule has 0 radical (unpaired) electrons. The summed E-state index contributed by atoms with van der Waals surface area (Å²) >= 11 is 0. The van der Waals surface area contributed by atoms with Gasteiger partial charge >= 0.3 is 17.9 Å². The van der Waals surface area contributed by atoms with Gasteiger partial charge in [0.1, 0.15) is 13.2 Å². The monoisotopic (exact) mass is 927 g/mol. The highest BCUT2D eigenvalue weighted by Gasteiger charge is 2.19. The maximum absolute atomic E-state index is 12.8. The van der Waals surface area contributed by atoms with Gasteiger partial charge in [-0.25, -0.2) is 0 Å². The zero-order valence-electron chi connectivity index (χ0n) is 43.1. The molecule has 0 aliphatic rings. The van der Waals surface area contributed by atoms with E-state index >= 15 is 0 Å². The number of carbonyl (C=O) groups excluding carboxylic acids is 3. The van der Waals surface area contributed by atoms with E-state index in [9.17, 15) is 14.4 Å². The molecule has 0 bridgehead atoms. The Kier molecular flexibility index (Phi) is 51.0. The molecule has 6 nitrogen and oxygen atoms in total. The van der Waals surface area contributed by atoms with Gasteiger partial charge in [0, 0.05) is 19.3 Å². The molecule has 0 saturated carbocycles. The molecule has 0 rings (SSSR count). The summed E-state index contributed by atoms with van der Waals surface area (Å²) in [6.07, 6.45) is 74.7. The molecule has 0 fully saturated rings. The summed E-state index contributed by atoms with van der Waals surface area (Å²) in [6, 6.07) is 0. The van der Waals surface area contributed by atoms with Gasteiger partial charge in [-0.2, -0.15) is 0 Å². The van der Waals surface area contributed by atoms with E-state index in [2.05, 4.69) is 130 Å². The first-order valence-corrected chi connectivity index (χ1v) is 27.0. The van der Waals surface area contributed by atoms with Gasteiger partial charge in [0.15, 0.2) is 6.10 Å². The highest BCUT2D eigenvalue weighted by Crippen LogP contribution is 2.12. The Morgan fingerprint density at radius 3 is 1.00 bits per heavy atom. The Morgan fingerprint density at radius 2 is 0.612 bits per heavy atom. The van der Waals surface area contributed by atoms with Crippen LogP contribution < -0.4 is 0 Å². The number of carbonyl (C=O) groups is 3. The molecular weight excluding hydrogens is 829 g/mol. The number of ether oxygens (including phenoxy) is 3. The van der Waals surface area contributed by atoms with Gasteiger partial charge in [-0.05, 0) is 122 Å². The smallest absolute Gasteiger partial charge is 0.306 e. The minimum Gasteiger partial charge on any atom is -0.462 e. The summed E-state index contributed by atoms with van der Waals surface area (Å²) in [6.45, 7) is 6.37. The van der Waals surface area contributed by atoms with Crippen molar-refractivity contribution in [3.05, 3.63) is 122 Å². The van der Waals surface area contributed by atoms with E-state index in [1.54, 1.807) is 0 Å². The molecule has 0 aliphatic heterocycles. The third-order valence-electron chi connectivity index (χ3n) is 10.9. The molecule has 0 saturated heterocycles. The fourth-order valence-electron chi connectivity index (χ4n) is 6.88. The Morgan fingerprint density at radius 1 is 0.313 bits per heavy atom. The molecule has 1 atom stereocenters. The standard InChI is InChI=1S/C61H98O6/c1-4-7-10-13-16-19-22-25-28-29-30-31-34-36-39-42-45-48-51-54-60(63)66-57-58(67-61(64)55-52-49-46-43-40-37-33-27-24-21-18-15-12-9-6-3)56-65-59(62)53-50-47-44-41-38-35-32-26-23-20-17-14-11-8-5-2/h7,10,16-21,25-28,30-33,36,39,45,48,58H,4-6,8-9,11-15,22-24,29,34-35,37-38,40-44,46-47,49-57H2,1-3H3/b10-7+,19-16+,20-17+,21-18+,28-25+,31-30+,32-26+,33-27+,39-36+,48-45+/t58-/m1/s1. The fraction of sp³-hybridized carbons (Fsp3) is 0.623. The van der Waals surface area contributed by atoms with E-state index in [0.29, 0.717) is 12.8 Å². The zero-order chi connectivity index (χ0) is 48.6. The van der Waals surface area contributed by atoms with Crippen LogP contribution in [-0.4, -0.2) is 37.2 Å². The van der Waals surface area contributed by atoms with E-state index < -0.39 is 6.10 Å². The summed E-state index contributed by atoms with van der Waals surface area (Å²) in [5.74, 6) is -1.04. The van der Waals surface area contributed by atoms with Gasteiger partial charge in [-0.1, -0.05) is 206 Å². The molecule has 67 heavy (non-hydrogen) atoms. The van der Waals surface area contributed by atoms with E-state index in [0.717, 1.165) is 128 Å². The van der Waals surface area contributed by atoms with Crippen molar-refractivity contribution >= 4 is 17.9 Å². The number of unbranched alkanes of at least 4 members (excludes halogenated alkanes) is 16. The van der Waals surface area contributed by atoms with Crippen molar-refractivity contribution < 1.29 is 28.6 Å². The molecule has 0 aromatic heterocycles. The second kappa shape index (κ2) is 54.4. The lowest BCUT2D eigenvalue weighted by Gasteiger charge is -2.18. The summed E-state index contributed by atoms with van der Waals surface area (Å²) < 4.78 is 16.7. The largest absolute Gasteiger partial charge is 0.462 e. The van der Waals surface area contributed by atoms with Crippen molar-refractivity contribution in [1.29, 1.82) is 0 Å². The van der Waals surface area contributed by atoms with E-state index in [1.807, 2.05) is 12.2 Å². The summed E-state index contributed by atoms with van der Waals surface area (Å²) in [4.78, 5) is 38.0. The topological polar surface area (TPSA) is 78.9 Å². The predicted octanol–water partition coefficient (Wildman–Crippen LogP) is 18.1. The van der Waals surface area contributed by atoms with Crippen LogP contribution in [0.5, 0.6) is 0 Å². The Bertz CT molecular complexity index is 1440. The van der Waals surface area contributed by atoms with Crippen LogP contribution in [0.15, 0.2) is 122 Å². The number of allylic oxidation sites excluding steroid dienone is 20. The van der Waals surface area contributed by atoms with Gasteiger partial charge < -0.3 is 14.2 Å². The van der Waals surface area contributed by atoms with Crippen molar-refractivity contribution in [3.63, 3.8) is 0 Å². The Labute approximate surface area is 412 Å². The lowest BCUT2D eigenvalue weighted by Crippen LogP contribution is -2.30. The zero-order valence-corrected chi connectivity index (χ0v) is 43.1. The van der Waals surface area contributed by atoms with Gasteiger partial charge in [0.05, 0.1) is 0 Å². The number of hydrogen-bond donors (Lipinski definition) is 0. The first-order valence-electron chi connectivity index (χ1n) is 27.0. The van der Waals surface area contributed by atoms with Crippen molar-refractivity contribution in [2.75, 3.05) is 13.2 Å². The van der Waals surface area contributed by atoms with Gasteiger partial charge in [0.2, 0.25) is 0 Å². The number of esters is 3. The normalized spacial score (nSPS) is 13.1. The number of hydrogen-bond acceptors (Lipinski definition) is 6. The van der Waals surface area contributed by atoms with Crippen molar-refractivity contribution in [3.8, 4) is 0 Å². The SMILES string of the molecule is CC/C=C/C/C=C/C/C=C/C/C=C/C/C=C/C/C=C/CCC(=O)OC[C@@H](COC(=O)CCCCCCC/C=C/C/C=C/CCCCC)OC(=O)CCCCCCC/C=C/C/C=C/CCCCC. The average Bonchev–Trinajstić information content (AvgIpc) is 3.33. The molecule has 378 valence electrons. The van der Waals surface area contributed by atoms with Crippen LogP contribution in [-0.2, 0) is 28.6 Å². The molecule has 0 unspecified atom stereocenters. The lowest BCUT2D eigenvalue weighted by molar-refractivity contribution is -0.166. The Hall–Kier alpha value is -4.19. The molecule has 0 spiro atoms. The molecule has 0 aliphatic carbocycles. The van der Waals surface area contributed by atoms with Crippen LogP contribution in [0.4, 0.5) is 0 Å². The van der Waals surface area contributed by atoms with Crippen LogP contribution in [0, 0.1) is 0 Å². The molecule has 0 aromatic rings. The maximum Gasteiger partial charge on any atom is 0.306 e. The fourth-order valence-corrected chi connectivity index (χ4v) is 6.88. The van der Waals surface area contributed by atoms with Crippen LogP contribution in [0.3, 0.4) is 0 Å². The van der Waals surface area contributed by atoms with E-state index in [4.69, 9.17) is 14.2 Å². The molecule has 0 amide bonds. The average molecular weight is 927 g/mol. The van der Waals surface area contributed by atoms with Crippen molar-refractivity contribution in [1.82, 2.24) is 0 Å². The van der Waals surface area contributed by atoms with Crippen LogP contribution >= 0.6 is 0 Å². The van der Waals surface area contributed by atoms with Crippen molar-refractivity contribution in [2.45, 2.75) is 232 Å². The van der Waals surface area contributed by atoms with E-state index in [-0.39, 0.29) is 44.0 Å². The molecule has 6 heteroatoms. The molecule has 0 heterocycles. The van der Waals surface area contributed by atoms with Crippen LogP contribution in [0.1, 0.15) is 226 Å². The van der Waals surface area contributed by atoms with Gasteiger partial charge in [-0.3, -0.25) is 14.4 Å². The van der Waals surface area contributed by atoms with E-state index in [1.165, 1.54) is 51.4 Å². The minimum atomic E-state index is -0.825. The number of rotatable bonds is 47. The highest BCUT2D eigenvalue weighted by molar-refractivity contribution is 5.71. The molecule has 0 N–H and O–H groups in total. The summed E-state index contributed by atoms with van der Waals surface area (Å²) in [5.41, 5.74) is 0. The third kappa shape index (κ3) is 52.6. The summed E-state index contributed by atoms with van der Waals surface area (Å²) in [5, 5.41) is 0. The van der Waals surface area contributed by atoms with Crippen LogP contribution in [0.25, 0.3) is 0 Å². The molecule has 0 aromatic carbocycles. The third-order valence-corrected chi connectivity index (χ3v) is 10.9.